The van der Waals surface area contributed by atoms with Gasteiger partial charge in [0, 0.05) is 11.3 Å². The molecular formula is C16H25N3O5S. The van der Waals surface area contributed by atoms with Gasteiger partial charge in [-0.3, -0.25) is 9.59 Å². The van der Waals surface area contributed by atoms with Crippen molar-refractivity contribution in [2.75, 3.05) is 19.7 Å². The monoisotopic (exact) mass is 371 g/mol. The van der Waals surface area contributed by atoms with Gasteiger partial charge < -0.3 is 31.3 Å². The molecule has 140 valence electrons. The number of piperazine rings is 1. The molecular weight excluding hydrogens is 346 g/mol. The lowest BCUT2D eigenvalue weighted by Gasteiger charge is -2.40. The summed E-state index contributed by atoms with van der Waals surface area (Å²) in [6.07, 6.45) is -1.40. The molecule has 8 nitrogen and oxygen atoms in total. The van der Waals surface area contributed by atoms with Crippen LogP contribution in [0.15, 0.2) is 17.5 Å². The van der Waals surface area contributed by atoms with Gasteiger partial charge in [0.15, 0.2) is 0 Å². The summed E-state index contributed by atoms with van der Waals surface area (Å²) in [6, 6.07) is 2.31. The van der Waals surface area contributed by atoms with E-state index in [0.717, 1.165) is 4.88 Å². The van der Waals surface area contributed by atoms with Crippen molar-refractivity contribution in [3.63, 3.8) is 0 Å². The highest BCUT2D eigenvalue weighted by Gasteiger charge is 2.41. The maximum atomic E-state index is 12.8. The topological polar surface area (TPSA) is 136 Å². The van der Waals surface area contributed by atoms with Gasteiger partial charge in [-0.1, -0.05) is 6.07 Å². The molecule has 1 aromatic heterocycles. The van der Waals surface area contributed by atoms with E-state index in [1.165, 1.54) is 16.2 Å². The van der Waals surface area contributed by atoms with Crippen molar-refractivity contribution in [2.45, 2.75) is 43.6 Å². The second-order valence-electron chi connectivity index (χ2n) is 6.10. The third kappa shape index (κ3) is 4.99. The van der Waals surface area contributed by atoms with Crippen LogP contribution in [0.5, 0.6) is 0 Å². The molecule has 0 bridgehead atoms. The van der Waals surface area contributed by atoms with E-state index in [1.807, 2.05) is 17.5 Å². The third-order valence-corrected chi connectivity index (χ3v) is 5.16. The first-order chi connectivity index (χ1) is 12.0. The molecule has 2 amide bonds. The second kappa shape index (κ2) is 9.25. The molecule has 1 fully saturated rings. The molecule has 2 heterocycles. The SMILES string of the molecule is NCCCC1C(=O)NC(Cc2cccs2)C(=O)N1CC(O)C(O)CO. The average Bonchev–Trinajstić information content (AvgIpc) is 3.10. The Labute approximate surface area is 150 Å². The number of hydrogen-bond donors (Lipinski definition) is 5. The van der Waals surface area contributed by atoms with Gasteiger partial charge in [-0.2, -0.15) is 0 Å². The maximum Gasteiger partial charge on any atom is 0.246 e. The minimum Gasteiger partial charge on any atom is -0.394 e. The Balaban J connectivity index is 2.16. The zero-order valence-electron chi connectivity index (χ0n) is 13.9. The normalized spacial score (nSPS) is 23.4. The van der Waals surface area contributed by atoms with Crippen LogP contribution in [0.4, 0.5) is 0 Å². The van der Waals surface area contributed by atoms with Crippen LogP contribution in [0.3, 0.4) is 0 Å². The lowest BCUT2D eigenvalue weighted by molar-refractivity contribution is -0.152. The summed E-state index contributed by atoms with van der Waals surface area (Å²) in [5.74, 6) is -0.598. The summed E-state index contributed by atoms with van der Waals surface area (Å²) in [7, 11) is 0. The second-order valence-corrected chi connectivity index (χ2v) is 7.13. The zero-order valence-corrected chi connectivity index (χ0v) is 14.7. The summed E-state index contributed by atoms with van der Waals surface area (Å²) in [6.45, 7) is -0.460. The van der Waals surface area contributed by atoms with E-state index in [1.54, 1.807) is 0 Å². The molecule has 4 unspecified atom stereocenters. The van der Waals surface area contributed by atoms with E-state index in [-0.39, 0.29) is 18.4 Å². The number of carbonyl (C=O) groups is 2. The number of thiophene rings is 1. The van der Waals surface area contributed by atoms with Gasteiger partial charge in [0.25, 0.3) is 0 Å². The highest BCUT2D eigenvalue weighted by Crippen LogP contribution is 2.20. The van der Waals surface area contributed by atoms with Crippen molar-refractivity contribution in [3.8, 4) is 0 Å². The van der Waals surface area contributed by atoms with Crippen molar-refractivity contribution in [2.24, 2.45) is 5.73 Å². The number of nitrogens with one attached hydrogen (secondary N) is 1. The predicted octanol–water partition coefficient (Wildman–Crippen LogP) is -1.56. The zero-order chi connectivity index (χ0) is 18.4. The molecule has 1 aromatic rings. The quantitative estimate of drug-likeness (QED) is 0.356. The molecule has 1 saturated heterocycles. The molecule has 1 aliphatic rings. The Hall–Kier alpha value is -1.52. The van der Waals surface area contributed by atoms with Crippen molar-refractivity contribution >= 4 is 23.2 Å². The molecule has 0 aromatic carbocycles. The van der Waals surface area contributed by atoms with Crippen LogP contribution in [-0.4, -0.2) is 76.0 Å². The van der Waals surface area contributed by atoms with Gasteiger partial charge >= 0.3 is 0 Å². The molecule has 25 heavy (non-hydrogen) atoms. The first kappa shape index (κ1) is 19.8. The highest BCUT2D eigenvalue weighted by atomic mass is 32.1. The molecule has 4 atom stereocenters. The summed E-state index contributed by atoms with van der Waals surface area (Å²) >= 11 is 1.50. The van der Waals surface area contributed by atoms with E-state index in [9.17, 15) is 19.8 Å². The lowest BCUT2D eigenvalue weighted by Crippen LogP contribution is -2.65. The fourth-order valence-electron chi connectivity index (χ4n) is 2.85. The summed E-state index contributed by atoms with van der Waals surface area (Å²) in [4.78, 5) is 27.6. The Bertz CT molecular complexity index is 568. The standard InChI is InChI=1S/C16H25N3O5S/c17-5-1-4-12-15(23)18-11(7-10-3-2-6-25-10)16(24)19(12)8-13(21)14(22)9-20/h2-3,6,11-14,20-22H,1,4-5,7-9,17H2,(H,18,23). The number of hydrogen-bond acceptors (Lipinski definition) is 7. The molecule has 0 saturated carbocycles. The van der Waals surface area contributed by atoms with Crippen molar-refractivity contribution in [3.05, 3.63) is 22.4 Å². The number of amides is 2. The fourth-order valence-corrected chi connectivity index (χ4v) is 3.61. The largest absolute Gasteiger partial charge is 0.394 e. The van der Waals surface area contributed by atoms with Gasteiger partial charge in [0.2, 0.25) is 11.8 Å². The van der Waals surface area contributed by atoms with Crippen LogP contribution in [0.1, 0.15) is 17.7 Å². The number of rotatable bonds is 9. The fraction of sp³-hybridized carbons (Fsp3) is 0.625. The maximum absolute atomic E-state index is 12.8. The highest BCUT2D eigenvalue weighted by molar-refractivity contribution is 7.09. The van der Waals surface area contributed by atoms with Gasteiger partial charge in [-0.05, 0) is 30.8 Å². The Kier molecular flexibility index (Phi) is 7.33. The summed E-state index contributed by atoms with van der Waals surface area (Å²) in [5.41, 5.74) is 5.50. The number of aliphatic hydroxyl groups excluding tert-OH is 3. The van der Waals surface area contributed by atoms with Crippen LogP contribution >= 0.6 is 11.3 Å². The van der Waals surface area contributed by atoms with E-state index < -0.39 is 30.9 Å². The van der Waals surface area contributed by atoms with Crippen LogP contribution in [-0.2, 0) is 16.0 Å². The minimum atomic E-state index is -1.37. The average molecular weight is 371 g/mol. The molecule has 0 spiro atoms. The van der Waals surface area contributed by atoms with Crippen LogP contribution in [0.25, 0.3) is 0 Å². The number of β-amino-alcohol motifs (C(OH)–C–C–N with tert-alkyl or cyclic N) is 1. The van der Waals surface area contributed by atoms with E-state index in [2.05, 4.69) is 5.32 Å². The first-order valence-electron chi connectivity index (χ1n) is 8.28. The summed E-state index contributed by atoms with van der Waals surface area (Å²) < 4.78 is 0. The molecule has 6 N–H and O–H groups in total. The van der Waals surface area contributed by atoms with Crippen LogP contribution in [0.2, 0.25) is 0 Å². The number of aliphatic hydroxyl groups is 3. The number of nitrogens with two attached hydrogens (primary N) is 1. The molecule has 2 rings (SSSR count). The van der Waals surface area contributed by atoms with Gasteiger partial charge in [-0.15, -0.1) is 11.3 Å². The van der Waals surface area contributed by atoms with E-state index in [4.69, 9.17) is 10.8 Å². The Morgan fingerprint density at radius 2 is 2.08 bits per heavy atom. The lowest BCUT2D eigenvalue weighted by atomic mass is 9.99. The van der Waals surface area contributed by atoms with Crippen molar-refractivity contribution < 1.29 is 24.9 Å². The molecule has 9 heteroatoms. The third-order valence-electron chi connectivity index (χ3n) is 4.26. The van der Waals surface area contributed by atoms with E-state index >= 15 is 0 Å². The van der Waals surface area contributed by atoms with Crippen LogP contribution < -0.4 is 11.1 Å². The van der Waals surface area contributed by atoms with Gasteiger partial charge in [-0.25, -0.2) is 0 Å². The van der Waals surface area contributed by atoms with Gasteiger partial charge in [0.05, 0.1) is 19.3 Å². The molecule has 0 aliphatic carbocycles. The van der Waals surface area contributed by atoms with Crippen molar-refractivity contribution in [1.82, 2.24) is 10.2 Å². The van der Waals surface area contributed by atoms with Crippen LogP contribution in [0, 0.1) is 0 Å². The van der Waals surface area contributed by atoms with Gasteiger partial charge in [0.1, 0.15) is 18.2 Å². The van der Waals surface area contributed by atoms with Crippen molar-refractivity contribution in [1.29, 1.82) is 0 Å². The van der Waals surface area contributed by atoms with E-state index in [0.29, 0.717) is 25.8 Å². The Morgan fingerprint density at radius 3 is 2.68 bits per heavy atom. The summed E-state index contributed by atoms with van der Waals surface area (Å²) in [5, 5.41) is 33.2. The smallest absolute Gasteiger partial charge is 0.246 e. The molecule has 1 aliphatic heterocycles. The first-order valence-corrected chi connectivity index (χ1v) is 9.16. The predicted molar refractivity (Wildman–Crippen MR) is 92.8 cm³/mol. The number of carbonyl (C=O) groups excluding carboxylic acids is 2. The Morgan fingerprint density at radius 1 is 1.32 bits per heavy atom. The minimum absolute atomic E-state index is 0.218. The molecule has 0 radical (unpaired) electrons. The number of nitrogens with zero attached hydrogens (tertiary/aromatic N) is 1.